The van der Waals surface area contributed by atoms with E-state index in [-0.39, 0.29) is 17.3 Å². The lowest BCUT2D eigenvalue weighted by atomic mass is 10.2. The van der Waals surface area contributed by atoms with Gasteiger partial charge in [-0.2, -0.15) is 4.98 Å². The van der Waals surface area contributed by atoms with E-state index in [9.17, 15) is 9.59 Å². The Kier molecular flexibility index (Phi) is 2.74. The van der Waals surface area contributed by atoms with Gasteiger partial charge < -0.3 is 10.2 Å². The SMILES string of the molecule is CC(=O)c1c(N)nc(-c2ccccc2)oc1=O. The molecular formula is C12H10N2O3. The van der Waals surface area contributed by atoms with Gasteiger partial charge in [0.1, 0.15) is 11.4 Å². The molecule has 0 aliphatic heterocycles. The monoisotopic (exact) mass is 230 g/mol. The van der Waals surface area contributed by atoms with Gasteiger partial charge in [-0.25, -0.2) is 4.79 Å². The number of benzene rings is 1. The van der Waals surface area contributed by atoms with Crippen LogP contribution in [-0.4, -0.2) is 10.8 Å². The van der Waals surface area contributed by atoms with Crippen LogP contribution in [0.2, 0.25) is 0 Å². The predicted octanol–water partition coefficient (Wildman–Crippen LogP) is 1.49. The molecule has 1 aromatic heterocycles. The number of hydrogen-bond donors (Lipinski definition) is 1. The van der Waals surface area contributed by atoms with Crippen molar-refractivity contribution in [3.8, 4) is 11.5 Å². The highest BCUT2D eigenvalue weighted by Crippen LogP contribution is 2.17. The molecule has 0 aliphatic rings. The number of nitrogens with zero attached hydrogens (tertiary/aromatic N) is 1. The van der Waals surface area contributed by atoms with Crippen LogP contribution in [0.4, 0.5) is 5.82 Å². The standard InChI is InChI=1S/C12H10N2O3/c1-7(15)9-10(13)14-11(17-12(9)16)8-5-3-2-4-6-8/h2-6H,13H2,1H3. The van der Waals surface area contributed by atoms with Crippen LogP contribution in [0.1, 0.15) is 17.3 Å². The molecule has 0 fully saturated rings. The van der Waals surface area contributed by atoms with Gasteiger partial charge in [-0.05, 0) is 19.1 Å². The van der Waals surface area contributed by atoms with Crippen LogP contribution in [0, 0.1) is 0 Å². The molecule has 2 N–H and O–H groups in total. The number of anilines is 1. The van der Waals surface area contributed by atoms with Gasteiger partial charge in [-0.3, -0.25) is 4.79 Å². The summed E-state index contributed by atoms with van der Waals surface area (Å²) in [5.41, 5.74) is 5.24. The molecule has 5 nitrogen and oxygen atoms in total. The number of ketones is 1. The number of hydrogen-bond acceptors (Lipinski definition) is 5. The summed E-state index contributed by atoms with van der Waals surface area (Å²) >= 11 is 0. The minimum Gasteiger partial charge on any atom is -0.403 e. The molecule has 2 aromatic rings. The summed E-state index contributed by atoms with van der Waals surface area (Å²) in [4.78, 5) is 26.6. The van der Waals surface area contributed by atoms with Crippen molar-refractivity contribution in [3.05, 3.63) is 46.3 Å². The fourth-order valence-corrected chi connectivity index (χ4v) is 1.46. The van der Waals surface area contributed by atoms with Crippen molar-refractivity contribution in [2.24, 2.45) is 0 Å². The average Bonchev–Trinajstić information content (AvgIpc) is 2.28. The molecule has 0 saturated heterocycles. The zero-order valence-electron chi connectivity index (χ0n) is 9.14. The zero-order chi connectivity index (χ0) is 12.4. The summed E-state index contributed by atoms with van der Waals surface area (Å²) in [5, 5.41) is 0. The highest BCUT2D eigenvalue weighted by molar-refractivity contribution is 5.97. The van der Waals surface area contributed by atoms with Crippen LogP contribution >= 0.6 is 0 Å². The van der Waals surface area contributed by atoms with E-state index in [0.717, 1.165) is 0 Å². The van der Waals surface area contributed by atoms with Gasteiger partial charge in [-0.1, -0.05) is 18.2 Å². The fraction of sp³-hybridized carbons (Fsp3) is 0.0833. The Hall–Kier alpha value is -2.43. The number of Topliss-reactive ketones (excluding diaryl/α,β-unsaturated/α-hetero) is 1. The summed E-state index contributed by atoms with van der Waals surface area (Å²) in [7, 11) is 0. The third-order valence-corrected chi connectivity index (χ3v) is 2.24. The van der Waals surface area contributed by atoms with E-state index in [4.69, 9.17) is 10.2 Å². The van der Waals surface area contributed by atoms with Crippen LogP contribution < -0.4 is 11.4 Å². The smallest absolute Gasteiger partial charge is 0.352 e. The van der Waals surface area contributed by atoms with E-state index in [1.54, 1.807) is 24.3 Å². The molecule has 0 unspecified atom stereocenters. The fourth-order valence-electron chi connectivity index (χ4n) is 1.46. The van der Waals surface area contributed by atoms with Gasteiger partial charge in [0, 0.05) is 5.56 Å². The number of rotatable bonds is 2. The van der Waals surface area contributed by atoms with Gasteiger partial charge >= 0.3 is 5.63 Å². The lowest BCUT2D eigenvalue weighted by Crippen LogP contribution is -2.17. The van der Waals surface area contributed by atoms with Crippen LogP contribution in [0.25, 0.3) is 11.5 Å². The molecule has 86 valence electrons. The van der Waals surface area contributed by atoms with Crippen molar-refractivity contribution >= 4 is 11.6 Å². The van der Waals surface area contributed by atoms with Gasteiger partial charge in [0.05, 0.1) is 0 Å². The lowest BCUT2D eigenvalue weighted by molar-refractivity contribution is 0.101. The van der Waals surface area contributed by atoms with E-state index in [1.165, 1.54) is 6.92 Å². The number of carbonyl (C=O) groups excluding carboxylic acids is 1. The summed E-state index contributed by atoms with van der Waals surface area (Å²) in [6, 6.07) is 8.86. The van der Waals surface area contributed by atoms with Crippen molar-refractivity contribution in [1.82, 2.24) is 4.98 Å². The van der Waals surface area contributed by atoms with Gasteiger partial charge in [0.25, 0.3) is 0 Å². The number of carbonyl (C=O) groups is 1. The summed E-state index contributed by atoms with van der Waals surface area (Å²) in [6.07, 6.45) is 0. The Morgan fingerprint density at radius 1 is 1.29 bits per heavy atom. The molecule has 0 saturated carbocycles. The second-order valence-electron chi connectivity index (χ2n) is 3.49. The van der Waals surface area contributed by atoms with Gasteiger partial charge in [-0.15, -0.1) is 0 Å². The van der Waals surface area contributed by atoms with Crippen LogP contribution in [0.3, 0.4) is 0 Å². The quantitative estimate of drug-likeness (QED) is 0.790. The molecular weight excluding hydrogens is 220 g/mol. The molecule has 2 rings (SSSR count). The first kappa shape index (κ1) is 11.1. The Morgan fingerprint density at radius 2 is 1.94 bits per heavy atom. The van der Waals surface area contributed by atoms with E-state index in [0.29, 0.717) is 5.56 Å². The lowest BCUT2D eigenvalue weighted by Gasteiger charge is -2.02. The third-order valence-electron chi connectivity index (χ3n) is 2.24. The van der Waals surface area contributed by atoms with E-state index in [1.807, 2.05) is 6.07 Å². The summed E-state index contributed by atoms with van der Waals surface area (Å²) in [6.45, 7) is 1.24. The number of nitrogens with two attached hydrogens (primary N) is 1. The van der Waals surface area contributed by atoms with Gasteiger partial charge in [0.2, 0.25) is 5.89 Å². The molecule has 1 heterocycles. The zero-order valence-corrected chi connectivity index (χ0v) is 9.14. The average molecular weight is 230 g/mol. The highest BCUT2D eigenvalue weighted by Gasteiger charge is 2.15. The molecule has 0 radical (unpaired) electrons. The van der Waals surface area contributed by atoms with E-state index < -0.39 is 11.4 Å². The molecule has 17 heavy (non-hydrogen) atoms. The van der Waals surface area contributed by atoms with Crippen molar-refractivity contribution in [2.75, 3.05) is 5.73 Å². The minimum absolute atomic E-state index is 0.104. The van der Waals surface area contributed by atoms with Crippen molar-refractivity contribution in [1.29, 1.82) is 0 Å². The first-order valence-corrected chi connectivity index (χ1v) is 4.96. The molecule has 0 amide bonds. The Bertz CT molecular complexity index is 617. The summed E-state index contributed by atoms with van der Waals surface area (Å²) < 4.78 is 4.97. The normalized spacial score (nSPS) is 10.2. The molecule has 0 bridgehead atoms. The van der Waals surface area contributed by atoms with Crippen LogP contribution in [-0.2, 0) is 0 Å². The molecule has 0 atom stereocenters. The third kappa shape index (κ3) is 2.08. The maximum absolute atomic E-state index is 11.6. The van der Waals surface area contributed by atoms with Crippen LogP contribution in [0.5, 0.6) is 0 Å². The highest BCUT2D eigenvalue weighted by atomic mass is 16.4. The molecule has 0 spiro atoms. The topological polar surface area (TPSA) is 86.2 Å². The number of aromatic nitrogens is 1. The second-order valence-corrected chi connectivity index (χ2v) is 3.49. The predicted molar refractivity (Wildman–Crippen MR) is 62.6 cm³/mol. The first-order chi connectivity index (χ1) is 8.09. The van der Waals surface area contributed by atoms with E-state index in [2.05, 4.69) is 4.98 Å². The van der Waals surface area contributed by atoms with Gasteiger partial charge in [0.15, 0.2) is 5.78 Å². The number of nitrogen functional groups attached to an aromatic ring is 1. The Morgan fingerprint density at radius 3 is 2.47 bits per heavy atom. The summed E-state index contributed by atoms with van der Waals surface area (Å²) in [5.74, 6) is -0.450. The maximum Gasteiger partial charge on any atom is 0.352 e. The van der Waals surface area contributed by atoms with Crippen molar-refractivity contribution < 1.29 is 9.21 Å². The van der Waals surface area contributed by atoms with Crippen molar-refractivity contribution in [3.63, 3.8) is 0 Å². The maximum atomic E-state index is 11.6. The van der Waals surface area contributed by atoms with E-state index >= 15 is 0 Å². The second kappa shape index (κ2) is 4.21. The van der Waals surface area contributed by atoms with Crippen molar-refractivity contribution in [2.45, 2.75) is 6.92 Å². The molecule has 1 aromatic carbocycles. The minimum atomic E-state index is -0.760. The molecule has 5 heteroatoms. The first-order valence-electron chi connectivity index (χ1n) is 4.96. The Labute approximate surface area is 96.9 Å². The largest absolute Gasteiger partial charge is 0.403 e. The Balaban J connectivity index is 2.62. The van der Waals surface area contributed by atoms with Crippen LogP contribution in [0.15, 0.2) is 39.5 Å². The molecule has 0 aliphatic carbocycles.